The monoisotopic (exact) mass is 355 g/mol. The number of aliphatic hydroxyl groups is 1. The van der Waals surface area contributed by atoms with Crippen molar-refractivity contribution in [3.63, 3.8) is 0 Å². The maximum absolute atomic E-state index is 12.5. The number of carbonyl (C=O) groups is 1. The lowest BCUT2D eigenvalue weighted by molar-refractivity contribution is -0.135. The molecule has 5 aliphatic rings. The summed E-state index contributed by atoms with van der Waals surface area (Å²) < 4.78 is 0. The molecule has 2 unspecified atom stereocenters. The third-order valence-corrected chi connectivity index (χ3v) is 8.99. The highest BCUT2D eigenvalue weighted by Gasteiger charge is 2.61. The van der Waals surface area contributed by atoms with Crippen molar-refractivity contribution in [1.82, 2.24) is 4.90 Å². The summed E-state index contributed by atoms with van der Waals surface area (Å²) in [6.45, 7) is 4.75. The summed E-state index contributed by atoms with van der Waals surface area (Å²) in [5.41, 5.74) is 1.66. The molecule has 0 saturated heterocycles. The Morgan fingerprint density at radius 3 is 2.65 bits per heavy atom. The van der Waals surface area contributed by atoms with Crippen LogP contribution in [0.3, 0.4) is 0 Å². The molecular formula is C23H33NO2. The average molecular weight is 356 g/mol. The topological polar surface area (TPSA) is 40.5 Å². The predicted molar refractivity (Wildman–Crippen MR) is 102 cm³/mol. The van der Waals surface area contributed by atoms with Crippen molar-refractivity contribution in [3.8, 4) is 0 Å². The fraction of sp³-hybridized carbons (Fsp3) is 0.783. The number of amides is 1. The minimum Gasteiger partial charge on any atom is -0.393 e. The molecule has 0 aromatic carbocycles. The van der Waals surface area contributed by atoms with Gasteiger partial charge in [0, 0.05) is 12.5 Å². The fourth-order valence-electron chi connectivity index (χ4n) is 7.40. The quantitative estimate of drug-likeness (QED) is 0.724. The zero-order chi connectivity index (χ0) is 18.3. The Balaban J connectivity index is 1.59. The van der Waals surface area contributed by atoms with Gasteiger partial charge in [-0.2, -0.15) is 0 Å². The van der Waals surface area contributed by atoms with E-state index in [4.69, 9.17) is 0 Å². The molecule has 3 heteroatoms. The standard InChI is InChI=1S/C23H33NO2/c1-22-10-8-18-16(17(22)6-7-19(22)25)13-15(12-14-4-5-14)21-23(18,2)11-9-20(26)24(21)3/h9,11-12,14,16-19,21,25H,4-8,10,13H2,1-3H3/t16-,17-,18+,19?,21?,22-,23+/m0/s1. The van der Waals surface area contributed by atoms with E-state index >= 15 is 0 Å². The van der Waals surface area contributed by atoms with Crippen molar-refractivity contribution in [1.29, 1.82) is 0 Å². The minimum atomic E-state index is -0.124. The molecule has 142 valence electrons. The van der Waals surface area contributed by atoms with E-state index in [1.807, 2.05) is 18.0 Å². The van der Waals surface area contributed by atoms with Gasteiger partial charge in [0.1, 0.15) is 0 Å². The molecule has 5 rings (SSSR count). The van der Waals surface area contributed by atoms with E-state index in [2.05, 4.69) is 26.0 Å². The number of carbonyl (C=O) groups excluding carboxylic acids is 1. The van der Waals surface area contributed by atoms with Crippen LogP contribution in [0.15, 0.2) is 23.8 Å². The smallest absolute Gasteiger partial charge is 0.246 e. The molecule has 1 amide bonds. The van der Waals surface area contributed by atoms with Crippen molar-refractivity contribution in [2.24, 2.45) is 34.5 Å². The van der Waals surface area contributed by atoms with Crippen LogP contribution in [-0.4, -0.2) is 35.1 Å². The molecule has 3 nitrogen and oxygen atoms in total. The maximum Gasteiger partial charge on any atom is 0.246 e. The number of hydrogen-bond acceptors (Lipinski definition) is 2. The molecule has 0 bridgehead atoms. The van der Waals surface area contributed by atoms with Crippen LogP contribution in [0.2, 0.25) is 0 Å². The van der Waals surface area contributed by atoms with Gasteiger partial charge in [0.05, 0.1) is 12.1 Å². The molecule has 0 aromatic rings. The van der Waals surface area contributed by atoms with Crippen molar-refractivity contribution in [2.45, 2.75) is 70.9 Å². The van der Waals surface area contributed by atoms with E-state index in [0.29, 0.717) is 17.8 Å². The lowest BCUT2D eigenvalue weighted by Crippen LogP contribution is -2.60. The molecular weight excluding hydrogens is 322 g/mol. The molecule has 4 fully saturated rings. The van der Waals surface area contributed by atoms with Gasteiger partial charge in [0.15, 0.2) is 0 Å². The largest absolute Gasteiger partial charge is 0.393 e. The Labute approximate surface area is 157 Å². The van der Waals surface area contributed by atoms with Crippen LogP contribution < -0.4 is 0 Å². The lowest BCUT2D eigenvalue weighted by Gasteiger charge is -2.60. The van der Waals surface area contributed by atoms with Crippen LogP contribution >= 0.6 is 0 Å². The van der Waals surface area contributed by atoms with E-state index < -0.39 is 0 Å². The van der Waals surface area contributed by atoms with E-state index in [9.17, 15) is 9.90 Å². The third-order valence-electron chi connectivity index (χ3n) is 8.99. The molecule has 4 saturated carbocycles. The average Bonchev–Trinajstić information content (AvgIpc) is 3.36. The van der Waals surface area contributed by atoms with Crippen LogP contribution in [0.25, 0.3) is 0 Å². The number of likely N-dealkylation sites (N-methyl/N-ethyl adjacent to an activating group) is 1. The van der Waals surface area contributed by atoms with Crippen molar-refractivity contribution < 1.29 is 9.90 Å². The highest BCUT2D eigenvalue weighted by atomic mass is 16.3. The Bertz CT molecular complexity index is 692. The zero-order valence-corrected chi connectivity index (χ0v) is 16.4. The van der Waals surface area contributed by atoms with Crippen molar-refractivity contribution >= 4 is 5.91 Å². The first kappa shape index (κ1) is 17.0. The Hall–Kier alpha value is -1.09. The molecule has 7 atom stereocenters. The summed E-state index contributed by atoms with van der Waals surface area (Å²) in [6, 6.07) is 0.234. The SMILES string of the molecule is CN1C(=O)C=C[C@@]2(C)C1C(=CC1CC1)C[C@@H]1[C@H]2CC[C@]2(C)C(O)CC[C@@H]12. The highest BCUT2D eigenvalue weighted by Crippen LogP contribution is 2.65. The molecule has 0 aromatic heterocycles. The molecule has 26 heavy (non-hydrogen) atoms. The van der Waals surface area contributed by atoms with Crippen LogP contribution in [0.4, 0.5) is 0 Å². The molecule has 4 aliphatic carbocycles. The Morgan fingerprint density at radius 1 is 1.15 bits per heavy atom. The molecule has 1 heterocycles. The van der Waals surface area contributed by atoms with Gasteiger partial charge >= 0.3 is 0 Å². The fourth-order valence-corrected chi connectivity index (χ4v) is 7.40. The third kappa shape index (κ3) is 2.19. The van der Waals surface area contributed by atoms with Gasteiger partial charge in [-0.15, -0.1) is 0 Å². The van der Waals surface area contributed by atoms with Crippen LogP contribution in [0.1, 0.15) is 58.8 Å². The lowest BCUT2D eigenvalue weighted by atomic mass is 9.47. The first-order chi connectivity index (χ1) is 12.3. The van der Waals surface area contributed by atoms with Gasteiger partial charge in [-0.1, -0.05) is 31.6 Å². The molecule has 1 N–H and O–H groups in total. The Kier molecular flexibility index (Phi) is 3.58. The van der Waals surface area contributed by atoms with Crippen molar-refractivity contribution in [3.05, 3.63) is 23.8 Å². The minimum absolute atomic E-state index is 0.0428. The summed E-state index contributed by atoms with van der Waals surface area (Å²) in [6.07, 6.45) is 14.7. The number of hydrogen-bond donors (Lipinski definition) is 1. The summed E-state index contributed by atoms with van der Waals surface area (Å²) >= 11 is 0. The number of allylic oxidation sites excluding steroid dienone is 1. The first-order valence-electron chi connectivity index (χ1n) is 10.7. The number of nitrogens with zero attached hydrogens (tertiary/aromatic N) is 1. The summed E-state index contributed by atoms with van der Waals surface area (Å²) in [7, 11) is 2.00. The van der Waals surface area contributed by atoms with E-state index in [1.165, 1.54) is 31.3 Å². The molecule has 0 spiro atoms. The second kappa shape index (κ2) is 5.47. The van der Waals surface area contributed by atoms with Gasteiger partial charge < -0.3 is 10.0 Å². The zero-order valence-electron chi connectivity index (χ0n) is 16.4. The van der Waals surface area contributed by atoms with Gasteiger partial charge in [-0.25, -0.2) is 0 Å². The highest BCUT2D eigenvalue weighted by molar-refractivity contribution is 5.89. The van der Waals surface area contributed by atoms with Crippen LogP contribution in [0, 0.1) is 34.5 Å². The number of rotatable bonds is 1. The van der Waals surface area contributed by atoms with E-state index in [0.717, 1.165) is 25.2 Å². The molecule has 1 aliphatic heterocycles. The normalized spacial score (nSPS) is 52.0. The van der Waals surface area contributed by atoms with Crippen molar-refractivity contribution in [2.75, 3.05) is 7.05 Å². The van der Waals surface area contributed by atoms with E-state index in [-0.39, 0.29) is 28.9 Å². The van der Waals surface area contributed by atoms with E-state index in [1.54, 1.807) is 0 Å². The summed E-state index contributed by atoms with van der Waals surface area (Å²) in [5.74, 6) is 2.81. The number of fused-ring (bicyclic) bond motifs is 5. The predicted octanol–water partition coefficient (Wildman–Crippen LogP) is 3.93. The summed E-state index contributed by atoms with van der Waals surface area (Å²) in [5, 5.41) is 10.7. The van der Waals surface area contributed by atoms with Gasteiger partial charge in [-0.3, -0.25) is 4.79 Å². The first-order valence-corrected chi connectivity index (χ1v) is 10.7. The van der Waals surface area contributed by atoms with Gasteiger partial charge in [0.25, 0.3) is 0 Å². The van der Waals surface area contributed by atoms with Gasteiger partial charge in [-0.05, 0) is 80.1 Å². The van der Waals surface area contributed by atoms with Crippen LogP contribution in [-0.2, 0) is 4.79 Å². The maximum atomic E-state index is 12.5. The second-order valence-electron chi connectivity index (χ2n) is 10.3. The molecule has 0 radical (unpaired) electrons. The number of aliphatic hydroxyl groups excluding tert-OH is 1. The van der Waals surface area contributed by atoms with Gasteiger partial charge in [0.2, 0.25) is 5.91 Å². The Morgan fingerprint density at radius 2 is 1.92 bits per heavy atom. The second-order valence-corrected chi connectivity index (χ2v) is 10.3. The summed E-state index contributed by atoms with van der Waals surface area (Å²) in [4.78, 5) is 14.5. The van der Waals surface area contributed by atoms with Crippen LogP contribution in [0.5, 0.6) is 0 Å².